The van der Waals surface area contributed by atoms with Crippen molar-refractivity contribution in [3.05, 3.63) is 95.8 Å². The Morgan fingerprint density at radius 2 is 1.74 bits per heavy atom. The molecule has 2 aromatic heterocycles. The quantitative estimate of drug-likeness (QED) is 0.439. The fourth-order valence-electron chi connectivity index (χ4n) is 5.01. The minimum Gasteiger partial charge on any atom is -0.350 e. The second-order valence-corrected chi connectivity index (χ2v) is 9.26. The number of nitrogens with zero attached hydrogens (tertiary/aromatic N) is 3. The number of aromatic nitrogens is 2. The first-order valence-corrected chi connectivity index (χ1v) is 11.6. The number of hydrogen-bond donors (Lipinski definition) is 1. The molecule has 4 aromatic rings. The van der Waals surface area contributed by atoms with Crippen molar-refractivity contribution in [2.75, 3.05) is 5.32 Å². The van der Waals surface area contributed by atoms with Crippen LogP contribution in [0.2, 0.25) is 0 Å². The van der Waals surface area contributed by atoms with Gasteiger partial charge in [-0.05, 0) is 42.2 Å². The summed E-state index contributed by atoms with van der Waals surface area (Å²) in [5.74, 6) is 0.352. The number of amides is 2. The molecule has 172 valence electrons. The molecule has 34 heavy (non-hydrogen) atoms. The summed E-state index contributed by atoms with van der Waals surface area (Å²) in [6.07, 6.45) is 4.27. The molecule has 2 atom stereocenters. The SMILES string of the molecule is CC(C)CC(C(=O)Nc1ccccn1)N1C(=O)c2ccccc2C1c1cn(C)c2ccccc12. The fraction of sp³-hybridized carbons (Fsp3) is 0.250. The first kappa shape index (κ1) is 21.9. The third-order valence-electron chi connectivity index (χ3n) is 6.47. The van der Waals surface area contributed by atoms with Gasteiger partial charge in [0.25, 0.3) is 5.91 Å². The van der Waals surface area contributed by atoms with Gasteiger partial charge in [0.15, 0.2) is 0 Å². The van der Waals surface area contributed by atoms with Gasteiger partial charge in [0.1, 0.15) is 11.9 Å². The van der Waals surface area contributed by atoms with Crippen LogP contribution in [0.4, 0.5) is 5.82 Å². The summed E-state index contributed by atoms with van der Waals surface area (Å²) in [5.41, 5.74) is 3.70. The average molecular weight is 453 g/mol. The predicted molar refractivity (Wildman–Crippen MR) is 133 cm³/mol. The first-order chi connectivity index (χ1) is 16.5. The number of aryl methyl sites for hydroxylation is 1. The molecule has 0 saturated heterocycles. The van der Waals surface area contributed by atoms with Gasteiger partial charge in [-0.25, -0.2) is 4.98 Å². The molecule has 0 aliphatic carbocycles. The summed E-state index contributed by atoms with van der Waals surface area (Å²) < 4.78 is 2.08. The maximum absolute atomic E-state index is 13.8. The monoisotopic (exact) mass is 452 g/mol. The normalized spacial score (nSPS) is 16.2. The van der Waals surface area contributed by atoms with Crippen LogP contribution in [0.3, 0.4) is 0 Å². The second-order valence-electron chi connectivity index (χ2n) is 9.26. The van der Waals surface area contributed by atoms with Crippen LogP contribution in [0.15, 0.2) is 79.1 Å². The summed E-state index contributed by atoms with van der Waals surface area (Å²) in [7, 11) is 2.01. The van der Waals surface area contributed by atoms with Crippen molar-refractivity contribution < 1.29 is 9.59 Å². The van der Waals surface area contributed by atoms with E-state index in [1.54, 1.807) is 23.2 Å². The molecule has 0 bridgehead atoms. The number of pyridine rings is 1. The highest BCUT2D eigenvalue weighted by Gasteiger charge is 2.45. The summed E-state index contributed by atoms with van der Waals surface area (Å²) in [4.78, 5) is 33.5. The molecule has 2 aromatic carbocycles. The van der Waals surface area contributed by atoms with Gasteiger partial charge in [0.05, 0.1) is 6.04 Å². The third-order valence-corrected chi connectivity index (χ3v) is 6.47. The zero-order valence-electron chi connectivity index (χ0n) is 19.6. The summed E-state index contributed by atoms with van der Waals surface area (Å²) in [6.45, 7) is 4.14. The Morgan fingerprint density at radius 3 is 2.50 bits per heavy atom. The van der Waals surface area contributed by atoms with E-state index >= 15 is 0 Å². The van der Waals surface area contributed by atoms with Crippen molar-refractivity contribution in [1.82, 2.24) is 14.5 Å². The van der Waals surface area contributed by atoms with Crippen LogP contribution in [0.25, 0.3) is 10.9 Å². The van der Waals surface area contributed by atoms with Gasteiger partial charge in [-0.2, -0.15) is 0 Å². The molecule has 0 spiro atoms. The van der Waals surface area contributed by atoms with Crippen LogP contribution < -0.4 is 5.32 Å². The van der Waals surface area contributed by atoms with Crippen molar-refractivity contribution in [2.45, 2.75) is 32.4 Å². The molecular formula is C28H28N4O2. The number of nitrogens with one attached hydrogen (secondary N) is 1. The summed E-state index contributed by atoms with van der Waals surface area (Å²) >= 11 is 0. The van der Waals surface area contributed by atoms with Crippen LogP contribution in [0.5, 0.6) is 0 Å². The van der Waals surface area contributed by atoms with E-state index in [1.165, 1.54) is 0 Å². The minimum atomic E-state index is -0.647. The number of carbonyl (C=O) groups excluding carboxylic acids is 2. The van der Waals surface area contributed by atoms with Crippen molar-refractivity contribution in [3.8, 4) is 0 Å². The van der Waals surface area contributed by atoms with Crippen LogP contribution in [0.1, 0.15) is 47.8 Å². The van der Waals surface area contributed by atoms with E-state index in [1.807, 2.05) is 49.5 Å². The Kier molecular flexibility index (Phi) is 5.65. The fourth-order valence-corrected chi connectivity index (χ4v) is 5.01. The average Bonchev–Trinajstić information content (AvgIpc) is 3.32. The molecule has 6 nitrogen and oxygen atoms in total. The van der Waals surface area contributed by atoms with Crippen molar-refractivity contribution in [3.63, 3.8) is 0 Å². The molecule has 1 N–H and O–H groups in total. The largest absolute Gasteiger partial charge is 0.350 e. The summed E-state index contributed by atoms with van der Waals surface area (Å²) in [6, 6.07) is 20.3. The molecule has 0 radical (unpaired) electrons. The van der Waals surface area contributed by atoms with Crippen molar-refractivity contribution >= 4 is 28.5 Å². The van der Waals surface area contributed by atoms with E-state index in [0.717, 1.165) is 22.0 Å². The highest BCUT2D eigenvalue weighted by Crippen LogP contribution is 2.43. The van der Waals surface area contributed by atoms with Crippen LogP contribution >= 0.6 is 0 Å². The lowest BCUT2D eigenvalue weighted by Gasteiger charge is -2.33. The zero-order valence-corrected chi connectivity index (χ0v) is 19.6. The molecule has 2 amide bonds. The van der Waals surface area contributed by atoms with E-state index in [4.69, 9.17) is 0 Å². The smallest absolute Gasteiger partial charge is 0.255 e. The number of hydrogen-bond acceptors (Lipinski definition) is 3. The number of rotatable bonds is 6. The Bertz CT molecular complexity index is 1360. The van der Waals surface area contributed by atoms with Gasteiger partial charge in [0, 0.05) is 41.5 Å². The molecule has 1 aliphatic rings. The lowest BCUT2D eigenvalue weighted by atomic mass is 9.95. The van der Waals surface area contributed by atoms with Gasteiger partial charge in [-0.15, -0.1) is 0 Å². The number of benzene rings is 2. The van der Waals surface area contributed by atoms with Crippen molar-refractivity contribution in [2.24, 2.45) is 13.0 Å². The molecule has 1 aliphatic heterocycles. The van der Waals surface area contributed by atoms with E-state index in [0.29, 0.717) is 17.8 Å². The standard InChI is InChI=1S/C28H28N4O2/c1-18(2)16-24(27(33)30-25-14-8-9-15-29-25)32-26(20-11-4-5-12-21(20)28(32)34)22-17-31(3)23-13-7-6-10-19(22)23/h4-15,17-18,24,26H,16H2,1-3H3,(H,29,30,33). The topological polar surface area (TPSA) is 67.2 Å². The molecule has 6 heteroatoms. The highest BCUT2D eigenvalue weighted by atomic mass is 16.2. The lowest BCUT2D eigenvalue weighted by molar-refractivity contribution is -0.121. The van der Waals surface area contributed by atoms with Crippen LogP contribution in [0, 0.1) is 5.92 Å². The Hall–Kier alpha value is -3.93. The minimum absolute atomic E-state index is 0.115. The summed E-state index contributed by atoms with van der Waals surface area (Å²) in [5, 5.41) is 4.02. The molecule has 3 heterocycles. The highest BCUT2D eigenvalue weighted by molar-refractivity contribution is 6.05. The van der Waals surface area contributed by atoms with E-state index < -0.39 is 6.04 Å². The predicted octanol–water partition coefficient (Wildman–Crippen LogP) is 5.17. The van der Waals surface area contributed by atoms with Crippen molar-refractivity contribution in [1.29, 1.82) is 0 Å². The third kappa shape index (κ3) is 3.75. The number of fused-ring (bicyclic) bond motifs is 2. The molecule has 0 fully saturated rings. The van der Waals surface area contributed by atoms with Gasteiger partial charge in [-0.3, -0.25) is 9.59 Å². The molecule has 5 rings (SSSR count). The maximum Gasteiger partial charge on any atom is 0.255 e. The van der Waals surface area contributed by atoms with Gasteiger partial charge >= 0.3 is 0 Å². The molecule has 2 unspecified atom stereocenters. The van der Waals surface area contributed by atoms with E-state index in [2.05, 4.69) is 47.0 Å². The number of para-hydroxylation sites is 1. The maximum atomic E-state index is 13.8. The van der Waals surface area contributed by atoms with Gasteiger partial charge in [-0.1, -0.05) is 56.3 Å². The van der Waals surface area contributed by atoms with E-state index in [-0.39, 0.29) is 23.8 Å². The Labute approximate surface area is 199 Å². The first-order valence-electron chi connectivity index (χ1n) is 11.6. The van der Waals surface area contributed by atoms with Crippen LogP contribution in [-0.2, 0) is 11.8 Å². The number of carbonyl (C=O) groups is 2. The second kappa shape index (κ2) is 8.78. The lowest BCUT2D eigenvalue weighted by Crippen LogP contribution is -2.47. The van der Waals surface area contributed by atoms with E-state index in [9.17, 15) is 9.59 Å². The molecular weight excluding hydrogens is 424 g/mol. The Morgan fingerprint density at radius 1 is 1.00 bits per heavy atom. The van der Waals surface area contributed by atoms with Crippen LogP contribution in [-0.4, -0.2) is 32.3 Å². The van der Waals surface area contributed by atoms with Gasteiger partial charge < -0.3 is 14.8 Å². The number of anilines is 1. The Balaban J connectivity index is 1.64. The molecule has 0 saturated carbocycles. The zero-order chi connectivity index (χ0) is 23.8. The van der Waals surface area contributed by atoms with Gasteiger partial charge in [0.2, 0.25) is 5.91 Å².